The Balaban J connectivity index is 2.71. The van der Waals surface area contributed by atoms with Gasteiger partial charge in [0.1, 0.15) is 5.69 Å². The van der Waals surface area contributed by atoms with Crippen LogP contribution in [0.4, 0.5) is 26.3 Å². The van der Waals surface area contributed by atoms with E-state index in [4.69, 9.17) is 0 Å². The van der Waals surface area contributed by atoms with E-state index in [-0.39, 0.29) is 10.4 Å². The summed E-state index contributed by atoms with van der Waals surface area (Å²) >= 11 is 0. The molecular weight excluding hydrogens is 286 g/mol. The number of halogens is 6. The highest BCUT2D eigenvalue weighted by atomic mass is 19.4. The summed E-state index contributed by atoms with van der Waals surface area (Å²) in [7, 11) is 0. The predicted molar refractivity (Wildman–Crippen MR) is 58.2 cm³/mol. The number of hydrogen-bond donors (Lipinski definition) is 0. The third kappa shape index (κ3) is 2.14. The maximum atomic E-state index is 13.5. The molecule has 2 rings (SSSR count). The molecule has 0 saturated carbocycles. The molecule has 0 fully saturated rings. The Morgan fingerprint density at radius 2 is 1.55 bits per heavy atom. The highest BCUT2D eigenvalue weighted by Crippen LogP contribution is 2.45. The van der Waals surface area contributed by atoms with Gasteiger partial charge in [-0.15, -0.1) is 5.10 Å². The number of rotatable bonds is 2. The fraction of sp³-hybridized carbons (Fsp3) is 0.250. The summed E-state index contributed by atoms with van der Waals surface area (Å²) in [6, 6.07) is 6.88. The molecule has 0 bridgehead atoms. The molecular formula is C12H8F6N2. The fourth-order valence-electron chi connectivity index (χ4n) is 1.73. The van der Waals surface area contributed by atoms with E-state index in [9.17, 15) is 26.3 Å². The van der Waals surface area contributed by atoms with Gasteiger partial charge in [-0.2, -0.15) is 26.3 Å². The van der Waals surface area contributed by atoms with Gasteiger partial charge in [-0.3, -0.25) is 0 Å². The molecule has 0 spiro atoms. The molecule has 2 nitrogen and oxygen atoms in total. The lowest BCUT2D eigenvalue weighted by Gasteiger charge is -2.21. The standard InChI is InChI=1S/C12H8F6N2/c1-7-9(11(14,15)12(16,17)18)20(19-10(7)13)8-5-3-2-4-6-8/h2-6H,1H3. The first-order valence-electron chi connectivity index (χ1n) is 5.42. The molecule has 0 unspecified atom stereocenters. The van der Waals surface area contributed by atoms with Crippen LogP contribution in [0.1, 0.15) is 11.3 Å². The van der Waals surface area contributed by atoms with E-state index >= 15 is 0 Å². The lowest BCUT2D eigenvalue weighted by molar-refractivity contribution is -0.291. The molecule has 0 saturated heterocycles. The molecule has 1 aromatic carbocycles. The van der Waals surface area contributed by atoms with E-state index in [2.05, 4.69) is 5.10 Å². The zero-order chi connectivity index (χ0) is 15.1. The summed E-state index contributed by atoms with van der Waals surface area (Å²) in [5.74, 6) is -6.57. The van der Waals surface area contributed by atoms with Crippen molar-refractivity contribution in [1.29, 1.82) is 0 Å². The molecule has 0 aliphatic heterocycles. The molecule has 1 heterocycles. The summed E-state index contributed by atoms with van der Waals surface area (Å²) in [6.45, 7) is 0.830. The van der Waals surface area contributed by atoms with Crippen LogP contribution in [0.2, 0.25) is 0 Å². The minimum absolute atomic E-state index is 0.0848. The molecule has 108 valence electrons. The molecule has 0 amide bonds. The van der Waals surface area contributed by atoms with E-state index in [0.29, 0.717) is 0 Å². The zero-order valence-corrected chi connectivity index (χ0v) is 10.0. The van der Waals surface area contributed by atoms with Crippen LogP contribution >= 0.6 is 0 Å². The predicted octanol–water partition coefficient (Wildman–Crippen LogP) is 3.97. The van der Waals surface area contributed by atoms with Gasteiger partial charge in [0.25, 0.3) is 0 Å². The lowest BCUT2D eigenvalue weighted by Crippen LogP contribution is -2.36. The molecule has 0 atom stereocenters. The number of aromatic nitrogens is 2. The summed E-state index contributed by atoms with van der Waals surface area (Å²) < 4.78 is 78.2. The zero-order valence-electron chi connectivity index (χ0n) is 10.0. The van der Waals surface area contributed by atoms with Gasteiger partial charge < -0.3 is 0 Å². The summed E-state index contributed by atoms with van der Waals surface area (Å²) in [5, 5.41) is 3.13. The maximum Gasteiger partial charge on any atom is 0.459 e. The fourth-order valence-corrected chi connectivity index (χ4v) is 1.73. The van der Waals surface area contributed by atoms with E-state index in [0.717, 1.165) is 6.92 Å². The van der Waals surface area contributed by atoms with Crippen molar-refractivity contribution in [1.82, 2.24) is 9.78 Å². The smallest absolute Gasteiger partial charge is 0.228 e. The Kier molecular flexibility index (Phi) is 3.27. The lowest BCUT2D eigenvalue weighted by atomic mass is 10.1. The van der Waals surface area contributed by atoms with Crippen molar-refractivity contribution in [3.63, 3.8) is 0 Å². The van der Waals surface area contributed by atoms with Gasteiger partial charge >= 0.3 is 12.1 Å². The van der Waals surface area contributed by atoms with Crippen LogP contribution in [-0.2, 0) is 5.92 Å². The van der Waals surface area contributed by atoms with Crippen molar-refractivity contribution in [2.24, 2.45) is 0 Å². The Labute approximate surface area is 109 Å². The molecule has 1 aromatic heterocycles. The second kappa shape index (κ2) is 4.53. The second-order valence-electron chi connectivity index (χ2n) is 4.08. The van der Waals surface area contributed by atoms with E-state index in [1.54, 1.807) is 0 Å². The van der Waals surface area contributed by atoms with Crippen molar-refractivity contribution >= 4 is 0 Å². The third-order valence-corrected chi connectivity index (χ3v) is 2.72. The molecule has 0 radical (unpaired) electrons. The van der Waals surface area contributed by atoms with Crippen LogP contribution in [0.3, 0.4) is 0 Å². The average molecular weight is 294 g/mol. The van der Waals surface area contributed by atoms with Gasteiger partial charge in [-0.1, -0.05) is 18.2 Å². The SMILES string of the molecule is Cc1c(F)nn(-c2ccccc2)c1C(F)(F)C(F)(F)F. The van der Waals surface area contributed by atoms with Gasteiger partial charge in [0.15, 0.2) is 0 Å². The number of hydrogen-bond acceptors (Lipinski definition) is 1. The number of alkyl halides is 5. The van der Waals surface area contributed by atoms with Crippen molar-refractivity contribution in [3.05, 3.63) is 47.5 Å². The Bertz CT molecular complexity index is 615. The quantitative estimate of drug-likeness (QED) is 0.766. The first-order valence-corrected chi connectivity index (χ1v) is 5.42. The number of benzene rings is 1. The van der Waals surface area contributed by atoms with E-state index in [1.165, 1.54) is 30.3 Å². The van der Waals surface area contributed by atoms with Gasteiger partial charge in [0.05, 0.1) is 5.69 Å². The van der Waals surface area contributed by atoms with Gasteiger partial charge in [0, 0.05) is 5.56 Å². The van der Waals surface area contributed by atoms with Crippen molar-refractivity contribution < 1.29 is 26.3 Å². The highest BCUT2D eigenvalue weighted by Gasteiger charge is 2.61. The first kappa shape index (κ1) is 14.4. The van der Waals surface area contributed by atoms with Crippen LogP contribution in [0.5, 0.6) is 0 Å². The van der Waals surface area contributed by atoms with Crippen LogP contribution in [0.25, 0.3) is 5.69 Å². The number of nitrogens with zero attached hydrogens (tertiary/aromatic N) is 2. The van der Waals surface area contributed by atoms with Gasteiger partial charge in [-0.25, -0.2) is 4.68 Å². The minimum Gasteiger partial charge on any atom is -0.228 e. The highest BCUT2D eigenvalue weighted by molar-refractivity contribution is 5.37. The van der Waals surface area contributed by atoms with Crippen LogP contribution in [0.15, 0.2) is 30.3 Å². The normalized spacial score (nSPS) is 12.8. The van der Waals surface area contributed by atoms with Crippen LogP contribution < -0.4 is 0 Å². The molecule has 0 N–H and O–H groups in total. The monoisotopic (exact) mass is 294 g/mol. The summed E-state index contributed by atoms with van der Waals surface area (Å²) in [5.41, 5.74) is -2.44. The van der Waals surface area contributed by atoms with E-state index < -0.39 is 29.3 Å². The Morgan fingerprint density at radius 3 is 2.05 bits per heavy atom. The second-order valence-corrected chi connectivity index (χ2v) is 4.08. The molecule has 2 aromatic rings. The van der Waals surface area contributed by atoms with Crippen molar-refractivity contribution in [2.75, 3.05) is 0 Å². The summed E-state index contributed by atoms with van der Waals surface area (Å²) in [6.07, 6.45) is -5.84. The largest absolute Gasteiger partial charge is 0.459 e. The Morgan fingerprint density at radius 1 is 1.00 bits per heavy atom. The van der Waals surface area contributed by atoms with E-state index in [1.807, 2.05) is 0 Å². The maximum absolute atomic E-state index is 13.5. The molecule has 0 aliphatic rings. The van der Waals surface area contributed by atoms with Crippen molar-refractivity contribution in [3.8, 4) is 5.69 Å². The third-order valence-electron chi connectivity index (χ3n) is 2.72. The Hall–Kier alpha value is -1.99. The van der Waals surface area contributed by atoms with Crippen LogP contribution in [-0.4, -0.2) is 16.0 Å². The summed E-state index contributed by atoms with van der Waals surface area (Å²) in [4.78, 5) is 0. The van der Waals surface area contributed by atoms with Crippen LogP contribution in [0, 0.1) is 12.9 Å². The number of para-hydroxylation sites is 1. The first-order chi connectivity index (χ1) is 9.16. The molecule has 0 aliphatic carbocycles. The van der Waals surface area contributed by atoms with Gasteiger partial charge in [0.2, 0.25) is 5.95 Å². The van der Waals surface area contributed by atoms with Crippen molar-refractivity contribution in [2.45, 2.75) is 19.0 Å². The topological polar surface area (TPSA) is 17.8 Å². The van der Waals surface area contributed by atoms with Gasteiger partial charge in [-0.05, 0) is 19.1 Å². The minimum atomic E-state index is -5.84. The molecule has 8 heteroatoms. The average Bonchev–Trinajstić information content (AvgIpc) is 2.66. The molecule has 20 heavy (non-hydrogen) atoms.